The van der Waals surface area contributed by atoms with Crippen LogP contribution in [-0.4, -0.2) is 9.55 Å². The Morgan fingerprint density at radius 1 is 1.11 bits per heavy atom. The van der Waals surface area contributed by atoms with Crippen LogP contribution < -0.4 is 0 Å². The highest BCUT2D eigenvalue weighted by Gasteiger charge is 2.09. The molecule has 0 unspecified atom stereocenters. The van der Waals surface area contributed by atoms with E-state index in [2.05, 4.69) is 69.4 Å². The standard InChI is InChI=1S/C14H11IN2S/c1-9-5-4-8-12-13(9)16-14(18)17(12)11-7-3-2-6-10(11)15/h2-8H,1H3,(H,16,18). The Morgan fingerprint density at radius 2 is 1.89 bits per heavy atom. The molecule has 1 heterocycles. The number of benzene rings is 2. The average molecular weight is 366 g/mol. The molecule has 0 amide bonds. The van der Waals surface area contributed by atoms with Gasteiger partial charge in [0.05, 0.1) is 16.7 Å². The summed E-state index contributed by atoms with van der Waals surface area (Å²) >= 11 is 7.80. The molecule has 90 valence electrons. The number of hydrogen-bond acceptors (Lipinski definition) is 1. The highest BCUT2D eigenvalue weighted by Crippen LogP contribution is 2.24. The second-order valence-corrected chi connectivity index (χ2v) is 5.73. The zero-order chi connectivity index (χ0) is 12.7. The zero-order valence-corrected chi connectivity index (χ0v) is 12.7. The normalized spacial score (nSPS) is 11.0. The average Bonchev–Trinajstić information content (AvgIpc) is 2.68. The number of fused-ring (bicyclic) bond motifs is 1. The molecular weight excluding hydrogens is 355 g/mol. The third-order valence-electron chi connectivity index (χ3n) is 3.02. The molecule has 0 radical (unpaired) electrons. The Kier molecular flexibility index (Phi) is 2.99. The van der Waals surface area contributed by atoms with Gasteiger partial charge in [-0.25, -0.2) is 0 Å². The summed E-state index contributed by atoms with van der Waals surface area (Å²) in [7, 11) is 0. The largest absolute Gasteiger partial charge is 0.330 e. The van der Waals surface area contributed by atoms with Crippen LogP contribution in [0.4, 0.5) is 0 Å². The fraction of sp³-hybridized carbons (Fsp3) is 0.0714. The van der Waals surface area contributed by atoms with E-state index in [1.807, 2.05) is 12.1 Å². The number of para-hydroxylation sites is 2. The van der Waals surface area contributed by atoms with Gasteiger partial charge in [0.15, 0.2) is 4.77 Å². The quantitative estimate of drug-likeness (QED) is 0.493. The van der Waals surface area contributed by atoms with Crippen molar-refractivity contribution in [2.75, 3.05) is 0 Å². The maximum atomic E-state index is 5.46. The first kappa shape index (κ1) is 11.9. The van der Waals surface area contributed by atoms with Crippen LogP contribution in [0.25, 0.3) is 16.7 Å². The first-order chi connectivity index (χ1) is 8.68. The molecule has 0 atom stereocenters. The van der Waals surface area contributed by atoms with E-state index in [4.69, 9.17) is 12.2 Å². The third-order valence-corrected chi connectivity index (χ3v) is 4.22. The van der Waals surface area contributed by atoms with Crippen molar-refractivity contribution in [1.82, 2.24) is 9.55 Å². The minimum Gasteiger partial charge on any atom is -0.330 e. The van der Waals surface area contributed by atoms with Gasteiger partial charge in [0, 0.05) is 3.57 Å². The maximum Gasteiger partial charge on any atom is 0.182 e. The fourth-order valence-electron chi connectivity index (χ4n) is 2.15. The van der Waals surface area contributed by atoms with Gasteiger partial charge < -0.3 is 4.98 Å². The van der Waals surface area contributed by atoms with E-state index in [-0.39, 0.29) is 0 Å². The van der Waals surface area contributed by atoms with E-state index >= 15 is 0 Å². The minimum atomic E-state index is 0.739. The summed E-state index contributed by atoms with van der Waals surface area (Å²) in [5, 5.41) is 0. The van der Waals surface area contributed by atoms with Crippen LogP contribution >= 0.6 is 34.8 Å². The number of aryl methyl sites for hydroxylation is 1. The number of imidazole rings is 1. The Labute approximate surface area is 124 Å². The lowest BCUT2D eigenvalue weighted by Gasteiger charge is -2.07. The van der Waals surface area contributed by atoms with Crippen LogP contribution in [0, 0.1) is 15.3 Å². The first-order valence-electron chi connectivity index (χ1n) is 5.64. The van der Waals surface area contributed by atoms with E-state index in [9.17, 15) is 0 Å². The molecule has 0 aliphatic rings. The van der Waals surface area contributed by atoms with E-state index in [0.717, 1.165) is 21.5 Å². The molecule has 1 N–H and O–H groups in total. The van der Waals surface area contributed by atoms with Crippen LogP contribution in [0.5, 0.6) is 0 Å². The van der Waals surface area contributed by atoms with Gasteiger partial charge in [0.25, 0.3) is 0 Å². The van der Waals surface area contributed by atoms with Gasteiger partial charge in [-0.05, 0) is 65.5 Å². The lowest BCUT2D eigenvalue weighted by Crippen LogP contribution is -1.96. The number of halogens is 1. The Bertz CT molecular complexity index is 786. The number of H-pyrrole nitrogens is 1. The number of aromatic nitrogens is 2. The van der Waals surface area contributed by atoms with Crippen molar-refractivity contribution < 1.29 is 0 Å². The molecule has 0 bridgehead atoms. The van der Waals surface area contributed by atoms with Gasteiger partial charge in [0.2, 0.25) is 0 Å². The summed E-state index contributed by atoms with van der Waals surface area (Å²) in [5.41, 5.74) is 4.58. The van der Waals surface area contributed by atoms with Crippen LogP contribution in [0.2, 0.25) is 0 Å². The van der Waals surface area contributed by atoms with Gasteiger partial charge in [0.1, 0.15) is 0 Å². The van der Waals surface area contributed by atoms with Crippen LogP contribution in [-0.2, 0) is 0 Å². The molecule has 2 aromatic carbocycles. The van der Waals surface area contributed by atoms with Gasteiger partial charge in [-0.3, -0.25) is 4.57 Å². The second kappa shape index (κ2) is 4.51. The molecule has 0 spiro atoms. The highest BCUT2D eigenvalue weighted by atomic mass is 127. The molecule has 0 saturated heterocycles. The Hall–Kier alpha value is -1.14. The van der Waals surface area contributed by atoms with Crippen LogP contribution in [0.3, 0.4) is 0 Å². The number of aromatic amines is 1. The second-order valence-electron chi connectivity index (χ2n) is 4.19. The van der Waals surface area contributed by atoms with Crippen molar-refractivity contribution in [1.29, 1.82) is 0 Å². The summed E-state index contributed by atoms with van der Waals surface area (Å²) in [6.45, 7) is 2.09. The lowest BCUT2D eigenvalue weighted by atomic mass is 10.2. The topological polar surface area (TPSA) is 20.7 Å². The lowest BCUT2D eigenvalue weighted by molar-refractivity contribution is 1.06. The Morgan fingerprint density at radius 3 is 2.67 bits per heavy atom. The summed E-state index contributed by atoms with van der Waals surface area (Å²) in [6.07, 6.45) is 0. The van der Waals surface area contributed by atoms with Crippen molar-refractivity contribution in [3.63, 3.8) is 0 Å². The zero-order valence-electron chi connectivity index (χ0n) is 9.77. The van der Waals surface area contributed by atoms with E-state index in [0.29, 0.717) is 0 Å². The first-order valence-corrected chi connectivity index (χ1v) is 7.12. The molecule has 4 heteroatoms. The fourth-order valence-corrected chi connectivity index (χ4v) is 3.07. The van der Waals surface area contributed by atoms with Crippen LogP contribution in [0.1, 0.15) is 5.56 Å². The molecule has 3 rings (SSSR count). The predicted octanol–water partition coefficient (Wildman–Crippen LogP) is 4.60. The van der Waals surface area contributed by atoms with Crippen LogP contribution in [0.15, 0.2) is 42.5 Å². The van der Waals surface area contributed by atoms with Gasteiger partial charge in [-0.1, -0.05) is 24.3 Å². The predicted molar refractivity (Wildman–Crippen MR) is 85.9 cm³/mol. The maximum absolute atomic E-state index is 5.46. The van der Waals surface area contributed by atoms with E-state index in [1.54, 1.807) is 0 Å². The minimum absolute atomic E-state index is 0.739. The highest BCUT2D eigenvalue weighted by molar-refractivity contribution is 14.1. The number of rotatable bonds is 1. The Balaban J connectivity index is 2.44. The molecule has 3 aromatic rings. The van der Waals surface area contributed by atoms with Crippen molar-refractivity contribution in [2.45, 2.75) is 6.92 Å². The molecule has 0 aliphatic carbocycles. The monoisotopic (exact) mass is 366 g/mol. The summed E-state index contributed by atoms with van der Waals surface area (Å²) in [5.74, 6) is 0. The molecule has 0 aliphatic heterocycles. The summed E-state index contributed by atoms with van der Waals surface area (Å²) in [4.78, 5) is 3.30. The molecule has 1 aromatic heterocycles. The van der Waals surface area contributed by atoms with Crippen molar-refractivity contribution in [2.24, 2.45) is 0 Å². The van der Waals surface area contributed by atoms with Crippen molar-refractivity contribution >= 4 is 45.8 Å². The van der Waals surface area contributed by atoms with Crippen molar-refractivity contribution in [3.05, 3.63) is 56.4 Å². The molecule has 0 saturated carbocycles. The summed E-state index contributed by atoms with van der Waals surface area (Å²) in [6, 6.07) is 14.5. The molecular formula is C14H11IN2S. The van der Waals surface area contributed by atoms with Gasteiger partial charge in [-0.2, -0.15) is 0 Å². The van der Waals surface area contributed by atoms with E-state index < -0.39 is 0 Å². The SMILES string of the molecule is Cc1cccc2c1[nH]c(=S)n2-c1ccccc1I. The summed E-state index contributed by atoms with van der Waals surface area (Å²) < 4.78 is 4.02. The molecule has 2 nitrogen and oxygen atoms in total. The van der Waals surface area contributed by atoms with E-state index in [1.165, 1.54) is 9.13 Å². The number of hydrogen-bond donors (Lipinski definition) is 1. The molecule has 18 heavy (non-hydrogen) atoms. The van der Waals surface area contributed by atoms with Gasteiger partial charge >= 0.3 is 0 Å². The number of nitrogens with one attached hydrogen (secondary N) is 1. The van der Waals surface area contributed by atoms with Crippen molar-refractivity contribution in [3.8, 4) is 5.69 Å². The third kappa shape index (κ3) is 1.80. The number of nitrogens with zero attached hydrogens (tertiary/aromatic N) is 1. The smallest absolute Gasteiger partial charge is 0.182 e. The van der Waals surface area contributed by atoms with Gasteiger partial charge in [-0.15, -0.1) is 0 Å². The molecule has 0 fully saturated rings.